The van der Waals surface area contributed by atoms with Gasteiger partial charge in [0, 0.05) is 12.6 Å². The lowest BCUT2D eigenvalue weighted by molar-refractivity contribution is -0.130. The number of amides is 2. The average molecular weight is 380 g/mol. The summed E-state index contributed by atoms with van der Waals surface area (Å²) in [5, 5.41) is 5.61. The first kappa shape index (κ1) is 19.6. The average Bonchev–Trinajstić information content (AvgIpc) is 2.68. The van der Waals surface area contributed by atoms with Gasteiger partial charge in [0.2, 0.25) is 5.91 Å². The van der Waals surface area contributed by atoms with Crippen LogP contribution in [0.25, 0.3) is 0 Å². The summed E-state index contributed by atoms with van der Waals surface area (Å²) in [5.41, 5.74) is 3.15. The molecule has 0 aromatic heterocycles. The fraction of sp³-hybridized carbons (Fsp3) is 0.318. The number of carbonyl (C=O) groups is 3. The number of hydrogen-bond donors (Lipinski definition) is 2. The largest absolute Gasteiger partial charge is 0.449 e. The van der Waals surface area contributed by atoms with Crippen molar-refractivity contribution in [1.82, 2.24) is 5.32 Å². The van der Waals surface area contributed by atoms with Gasteiger partial charge < -0.3 is 15.4 Å². The first-order valence-corrected chi connectivity index (χ1v) is 9.41. The van der Waals surface area contributed by atoms with E-state index in [1.807, 2.05) is 18.2 Å². The molecule has 2 N–H and O–H groups in total. The van der Waals surface area contributed by atoms with Crippen molar-refractivity contribution in [1.29, 1.82) is 0 Å². The summed E-state index contributed by atoms with van der Waals surface area (Å²) in [4.78, 5) is 36.1. The van der Waals surface area contributed by atoms with Gasteiger partial charge in [-0.2, -0.15) is 0 Å². The zero-order valence-electron chi connectivity index (χ0n) is 16.0. The summed E-state index contributed by atoms with van der Waals surface area (Å²) in [6.07, 6.45) is 1.96. The van der Waals surface area contributed by atoms with Crippen molar-refractivity contribution in [2.75, 3.05) is 5.32 Å². The van der Waals surface area contributed by atoms with Crippen molar-refractivity contribution < 1.29 is 19.1 Å². The van der Waals surface area contributed by atoms with Crippen LogP contribution in [0.2, 0.25) is 0 Å². The number of ether oxygens (including phenoxy) is 1. The predicted octanol–water partition coefficient (Wildman–Crippen LogP) is 3.38. The van der Waals surface area contributed by atoms with Crippen molar-refractivity contribution in [3.63, 3.8) is 0 Å². The van der Waals surface area contributed by atoms with E-state index < -0.39 is 12.1 Å². The quantitative estimate of drug-likeness (QED) is 0.779. The maximum atomic E-state index is 12.6. The number of benzene rings is 2. The van der Waals surface area contributed by atoms with Gasteiger partial charge in [-0.05, 0) is 55.5 Å². The lowest BCUT2D eigenvalue weighted by atomic mass is 9.87. The van der Waals surface area contributed by atoms with Crippen molar-refractivity contribution in [2.24, 2.45) is 0 Å². The molecule has 0 heterocycles. The van der Waals surface area contributed by atoms with Crippen molar-refractivity contribution >= 4 is 23.5 Å². The van der Waals surface area contributed by atoms with Gasteiger partial charge in [-0.15, -0.1) is 0 Å². The number of anilines is 1. The Balaban J connectivity index is 1.62. The smallest absolute Gasteiger partial charge is 0.338 e. The molecule has 0 spiro atoms. The Morgan fingerprint density at radius 1 is 1.11 bits per heavy atom. The lowest BCUT2D eigenvalue weighted by Gasteiger charge is -2.27. The number of hydrogen-bond acceptors (Lipinski definition) is 4. The third-order valence-electron chi connectivity index (χ3n) is 4.76. The van der Waals surface area contributed by atoms with Gasteiger partial charge in [-0.3, -0.25) is 9.59 Å². The highest BCUT2D eigenvalue weighted by molar-refractivity contribution is 5.95. The summed E-state index contributed by atoms with van der Waals surface area (Å²) < 4.78 is 5.32. The molecule has 2 atom stereocenters. The van der Waals surface area contributed by atoms with Gasteiger partial charge >= 0.3 is 5.97 Å². The fourth-order valence-corrected chi connectivity index (χ4v) is 3.40. The molecule has 0 unspecified atom stereocenters. The Kier molecular flexibility index (Phi) is 6.09. The number of rotatable bonds is 5. The van der Waals surface area contributed by atoms with Gasteiger partial charge in [-0.25, -0.2) is 4.79 Å². The summed E-state index contributed by atoms with van der Waals surface area (Å²) in [7, 11) is 0. The minimum absolute atomic E-state index is 0.0679. The van der Waals surface area contributed by atoms with Crippen molar-refractivity contribution in [2.45, 2.75) is 45.3 Å². The number of carbonyl (C=O) groups excluding carboxylic acids is 3. The minimum Gasteiger partial charge on any atom is -0.449 e. The Hall–Kier alpha value is -3.15. The van der Waals surface area contributed by atoms with E-state index in [-0.39, 0.29) is 23.4 Å². The molecule has 146 valence electrons. The van der Waals surface area contributed by atoms with Gasteiger partial charge in [0.1, 0.15) is 0 Å². The normalized spacial score (nSPS) is 16.4. The molecule has 0 saturated heterocycles. The highest BCUT2D eigenvalue weighted by Gasteiger charge is 2.25. The van der Waals surface area contributed by atoms with E-state index in [0.717, 1.165) is 24.8 Å². The van der Waals surface area contributed by atoms with Crippen LogP contribution in [0.1, 0.15) is 54.2 Å². The van der Waals surface area contributed by atoms with E-state index in [1.165, 1.54) is 18.6 Å². The molecule has 0 saturated carbocycles. The lowest BCUT2D eigenvalue weighted by Crippen LogP contribution is -2.39. The van der Waals surface area contributed by atoms with E-state index in [2.05, 4.69) is 16.7 Å². The minimum atomic E-state index is -0.925. The van der Waals surface area contributed by atoms with Crippen LogP contribution in [0.4, 0.5) is 5.69 Å². The van der Waals surface area contributed by atoms with E-state index in [0.29, 0.717) is 5.69 Å². The molecular weight excluding hydrogens is 356 g/mol. The van der Waals surface area contributed by atoms with Crippen LogP contribution in [0, 0.1) is 0 Å². The molecule has 0 fully saturated rings. The molecule has 1 aliphatic carbocycles. The van der Waals surface area contributed by atoms with Crippen molar-refractivity contribution in [3.8, 4) is 0 Å². The van der Waals surface area contributed by atoms with Gasteiger partial charge in [0.15, 0.2) is 6.10 Å². The SMILES string of the molecule is CC(=O)Nc1cccc(C(=O)O[C@H](C)C(=O)N[C@H]2CCCc3ccccc32)c1. The molecule has 3 rings (SSSR count). The summed E-state index contributed by atoms with van der Waals surface area (Å²) in [5.74, 6) is -1.17. The van der Waals surface area contributed by atoms with Gasteiger partial charge in [0.25, 0.3) is 5.91 Å². The zero-order valence-corrected chi connectivity index (χ0v) is 16.0. The maximum absolute atomic E-state index is 12.6. The van der Waals surface area contributed by atoms with E-state index >= 15 is 0 Å². The molecular formula is C22H24N2O4. The van der Waals surface area contributed by atoms with Crippen LogP contribution in [0.3, 0.4) is 0 Å². The van der Waals surface area contributed by atoms with E-state index in [1.54, 1.807) is 25.1 Å². The second-order valence-electron chi connectivity index (χ2n) is 6.96. The Labute approximate surface area is 164 Å². The third-order valence-corrected chi connectivity index (χ3v) is 4.76. The van der Waals surface area contributed by atoms with Crippen LogP contribution >= 0.6 is 0 Å². The molecule has 2 amide bonds. The summed E-state index contributed by atoms with van der Waals surface area (Å²) >= 11 is 0. The molecule has 6 heteroatoms. The zero-order chi connectivity index (χ0) is 20.1. The third kappa shape index (κ3) is 4.76. The number of fused-ring (bicyclic) bond motifs is 1. The molecule has 6 nitrogen and oxygen atoms in total. The predicted molar refractivity (Wildman–Crippen MR) is 106 cm³/mol. The maximum Gasteiger partial charge on any atom is 0.338 e. The molecule has 28 heavy (non-hydrogen) atoms. The summed E-state index contributed by atoms with van der Waals surface area (Å²) in [6, 6.07) is 14.4. The van der Waals surface area contributed by atoms with Crippen LogP contribution in [0.5, 0.6) is 0 Å². The highest BCUT2D eigenvalue weighted by Crippen LogP contribution is 2.29. The van der Waals surface area contributed by atoms with Gasteiger partial charge in [0.05, 0.1) is 11.6 Å². The van der Waals surface area contributed by atoms with Crippen LogP contribution < -0.4 is 10.6 Å². The van der Waals surface area contributed by atoms with E-state index in [4.69, 9.17) is 4.74 Å². The second kappa shape index (κ2) is 8.69. The second-order valence-corrected chi connectivity index (χ2v) is 6.96. The van der Waals surface area contributed by atoms with Crippen LogP contribution in [0.15, 0.2) is 48.5 Å². The molecule has 0 bridgehead atoms. The van der Waals surface area contributed by atoms with Crippen LogP contribution in [-0.4, -0.2) is 23.9 Å². The van der Waals surface area contributed by atoms with Crippen LogP contribution in [-0.2, 0) is 20.7 Å². The van der Waals surface area contributed by atoms with Crippen molar-refractivity contribution in [3.05, 3.63) is 65.2 Å². The first-order valence-electron chi connectivity index (χ1n) is 9.41. The standard InChI is InChI=1S/C22H24N2O4/c1-14(28-22(27)17-9-5-10-18(13-17)23-15(2)25)21(26)24-20-12-6-8-16-7-3-4-11-19(16)20/h3-5,7,9-11,13-14,20H,6,8,12H2,1-2H3,(H,23,25)(H,24,26)/t14-,20+/m1/s1. The topological polar surface area (TPSA) is 84.5 Å². The number of esters is 1. The first-order chi connectivity index (χ1) is 13.4. The Morgan fingerprint density at radius 3 is 2.68 bits per heavy atom. The molecule has 0 aliphatic heterocycles. The van der Waals surface area contributed by atoms with E-state index in [9.17, 15) is 14.4 Å². The summed E-state index contributed by atoms with van der Waals surface area (Å²) in [6.45, 7) is 2.94. The number of nitrogens with one attached hydrogen (secondary N) is 2. The highest BCUT2D eigenvalue weighted by atomic mass is 16.5. The molecule has 0 radical (unpaired) electrons. The van der Waals surface area contributed by atoms with Gasteiger partial charge in [-0.1, -0.05) is 30.3 Å². The molecule has 2 aromatic rings. The number of aryl methyl sites for hydroxylation is 1. The Bertz CT molecular complexity index is 894. The molecule has 1 aliphatic rings. The Morgan fingerprint density at radius 2 is 1.89 bits per heavy atom. The molecule has 2 aromatic carbocycles. The monoisotopic (exact) mass is 380 g/mol. The fourth-order valence-electron chi connectivity index (χ4n) is 3.40.